The molecule has 0 aliphatic rings. The molecular weight excluding hydrogens is 268 g/mol. The van der Waals surface area contributed by atoms with E-state index in [1.165, 1.54) is 18.2 Å². The molecule has 0 fully saturated rings. The topological polar surface area (TPSA) is 116 Å². The standard InChI is InChI=1S/C12H10N2O6/c1-7-2-3-8(14(17)18)4-11(7)19-6-9-5-10(12(15)16)13-20-9/h2-5H,6H2,1H3,(H,15,16). The van der Waals surface area contributed by atoms with Gasteiger partial charge in [-0.25, -0.2) is 4.79 Å². The Morgan fingerprint density at radius 3 is 2.85 bits per heavy atom. The second kappa shape index (κ2) is 5.39. The first kappa shape index (κ1) is 13.5. The number of nitro benzene ring substituents is 1. The second-order valence-electron chi connectivity index (χ2n) is 3.98. The van der Waals surface area contributed by atoms with Crippen LogP contribution in [0.15, 0.2) is 28.8 Å². The highest BCUT2D eigenvalue weighted by molar-refractivity contribution is 5.85. The van der Waals surface area contributed by atoms with Crippen LogP contribution in [-0.2, 0) is 6.61 Å². The summed E-state index contributed by atoms with van der Waals surface area (Å²) in [5, 5.41) is 22.7. The lowest BCUT2D eigenvalue weighted by Crippen LogP contribution is -1.98. The van der Waals surface area contributed by atoms with Crippen molar-refractivity contribution in [1.82, 2.24) is 5.16 Å². The van der Waals surface area contributed by atoms with Gasteiger partial charge in [0.15, 0.2) is 11.5 Å². The van der Waals surface area contributed by atoms with Crippen molar-refractivity contribution in [3.63, 3.8) is 0 Å². The highest BCUT2D eigenvalue weighted by Gasteiger charge is 2.13. The van der Waals surface area contributed by atoms with Crippen LogP contribution in [0.3, 0.4) is 0 Å². The van der Waals surface area contributed by atoms with Crippen molar-refractivity contribution in [2.45, 2.75) is 13.5 Å². The monoisotopic (exact) mass is 278 g/mol. The van der Waals surface area contributed by atoms with E-state index < -0.39 is 10.9 Å². The molecule has 0 bridgehead atoms. The number of hydrogen-bond acceptors (Lipinski definition) is 6. The van der Waals surface area contributed by atoms with Crippen LogP contribution in [0, 0.1) is 17.0 Å². The highest BCUT2D eigenvalue weighted by Crippen LogP contribution is 2.24. The van der Waals surface area contributed by atoms with Crippen LogP contribution in [0.2, 0.25) is 0 Å². The van der Waals surface area contributed by atoms with Gasteiger partial charge in [0.2, 0.25) is 0 Å². The Morgan fingerprint density at radius 2 is 2.25 bits per heavy atom. The number of nitrogens with zero attached hydrogens (tertiary/aromatic N) is 2. The third kappa shape index (κ3) is 2.91. The fraction of sp³-hybridized carbons (Fsp3) is 0.167. The summed E-state index contributed by atoms with van der Waals surface area (Å²) in [7, 11) is 0. The summed E-state index contributed by atoms with van der Waals surface area (Å²) in [6, 6.07) is 5.47. The molecule has 1 heterocycles. The number of rotatable bonds is 5. The Kier molecular flexibility index (Phi) is 3.65. The molecule has 8 heteroatoms. The number of aryl methyl sites for hydroxylation is 1. The van der Waals surface area contributed by atoms with E-state index in [0.29, 0.717) is 11.3 Å². The molecule has 0 aliphatic carbocycles. The zero-order valence-electron chi connectivity index (χ0n) is 10.4. The molecule has 0 unspecified atom stereocenters. The highest BCUT2D eigenvalue weighted by atomic mass is 16.6. The number of carboxylic acids is 1. The zero-order chi connectivity index (χ0) is 14.7. The predicted octanol–water partition coefficient (Wildman–Crippen LogP) is 2.17. The normalized spacial score (nSPS) is 10.2. The van der Waals surface area contributed by atoms with Crippen LogP contribution in [0.1, 0.15) is 21.8 Å². The first-order chi connectivity index (χ1) is 9.47. The van der Waals surface area contributed by atoms with Crippen molar-refractivity contribution in [3.8, 4) is 5.75 Å². The minimum absolute atomic E-state index is 0.0672. The summed E-state index contributed by atoms with van der Waals surface area (Å²) >= 11 is 0. The van der Waals surface area contributed by atoms with Gasteiger partial charge in [-0.2, -0.15) is 0 Å². The van der Waals surface area contributed by atoms with Gasteiger partial charge >= 0.3 is 5.97 Å². The number of non-ortho nitro benzene ring substituents is 1. The second-order valence-corrected chi connectivity index (χ2v) is 3.98. The zero-order valence-corrected chi connectivity index (χ0v) is 10.4. The molecule has 8 nitrogen and oxygen atoms in total. The number of aromatic carboxylic acids is 1. The van der Waals surface area contributed by atoms with Crippen LogP contribution in [-0.4, -0.2) is 21.2 Å². The molecule has 1 aromatic carbocycles. The van der Waals surface area contributed by atoms with Gasteiger partial charge in [-0.1, -0.05) is 5.16 Å². The molecule has 0 saturated carbocycles. The summed E-state index contributed by atoms with van der Waals surface area (Å²) in [4.78, 5) is 20.8. The van der Waals surface area contributed by atoms with E-state index in [4.69, 9.17) is 14.4 Å². The lowest BCUT2D eigenvalue weighted by Gasteiger charge is -2.06. The van der Waals surface area contributed by atoms with E-state index in [9.17, 15) is 14.9 Å². The molecule has 0 radical (unpaired) electrons. The molecule has 2 rings (SSSR count). The maximum Gasteiger partial charge on any atom is 0.358 e. The van der Waals surface area contributed by atoms with E-state index in [0.717, 1.165) is 0 Å². The molecule has 20 heavy (non-hydrogen) atoms. The largest absolute Gasteiger partial charge is 0.485 e. The van der Waals surface area contributed by atoms with E-state index >= 15 is 0 Å². The molecule has 2 aromatic rings. The number of nitro groups is 1. The van der Waals surface area contributed by atoms with Gasteiger partial charge in [0.25, 0.3) is 5.69 Å². The minimum Gasteiger partial charge on any atom is -0.485 e. The molecule has 0 atom stereocenters. The number of carboxylic acid groups (broad SMARTS) is 1. The molecule has 0 amide bonds. The third-order valence-electron chi connectivity index (χ3n) is 2.53. The van der Waals surface area contributed by atoms with Gasteiger partial charge in [-0.3, -0.25) is 10.1 Å². The van der Waals surface area contributed by atoms with Crippen LogP contribution >= 0.6 is 0 Å². The molecule has 0 saturated heterocycles. The van der Waals surface area contributed by atoms with Crippen LogP contribution in [0.4, 0.5) is 5.69 Å². The molecule has 1 N–H and O–H groups in total. The van der Waals surface area contributed by atoms with Crippen molar-refractivity contribution in [1.29, 1.82) is 0 Å². The average molecular weight is 278 g/mol. The van der Waals surface area contributed by atoms with Gasteiger partial charge < -0.3 is 14.4 Å². The quantitative estimate of drug-likeness (QED) is 0.658. The summed E-state index contributed by atoms with van der Waals surface area (Å²) in [6.07, 6.45) is 0. The first-order valence-corrected chi connectivity index (χ1v) is 5.54. The third-order valence-corrected chi connectivity index (χ3v) is 2.53. The molecule has 0 aliphatic heterocycles. The minimum atomic E-state index is -1.20. The average Bonchev–Trinajstić information content (AvgIpc) is 2.86. The Bertz CT molecular complexity index is 664. The number of benzene rings is 1. The molecule has 1 aromatic heterocycles. The Hall–Kier alpha value is -2.90. The van der Waals surface area contributed by atoms with Crippen molar-refractivity contribution < 1.29 is 24.1 Å². The van der Waals surface area contributed by atoms with E-state index in [2.05, 4.69) is 5.16 Å². The van der Waals surface area contributed by atoms with Crippen molar-refractivity contribution in [2.24, 2.45) is 0 Å². The molecule has 0 spiro atoms. The van der Waals surface area contributed by atoms with Crippen molar-refractivity contribution in [2.75, 3.05) is 0 Å². The lowest BCUT2D eigenvalue weighted by atomic mass is 10.2. The van der Waals surface area contributed by atoms with E-state index in [-0.39, 0.29) is 23.7 Å². The maximum atomic E-state index is 10.7. The fourth-order valence-corrected chi connectivity index (χ4v) is 1.49. The molecule has 104 valence electrons. The van der Waals surface area contributed by atoms with Crippen LogP contribution < -0.4 is 4.74 Å². The van der Waals surface area contributed by atoms with E-state index in [1.54, 1.807) is 13.0 Å². The van der Waals surface area contributed by atoms with Gasteiger partial charge in [0.05, 0.1) is 11.0 Å². The summed E-state index contributed by atoms with van der Waals surface area (Å²) < 4.78 is 10.2. The van der Waals surface area contributed by atoms with Crippen LogP contribution in [0.5, 0.6) is 5.75 Å². The van der Waals surface area contributed by atoms with E-state index in [1.807, 2.05) is 0 Å². The predicted molar refractivity (Wildman–Crippen MR) is 65.6 cm³/mol. The van der Waals surface area contributed by atoms with Gasteiger partial charge in [-0.15, -0.1) is 0 Å². The smallest absolute Gasteiger partial charge is 0.358 e. The number of hydrogen-bond donors (Lipinski definition) is 1. The lowest BCUT2D eigenvalue weighted by molar-refractivity contribution is -0.385. The summed E-state index contributed by atoms with van der Waals surface area (Å²) in [5.41, 5.74) is 0.405. The summed E-state index contributed by atoms with van der Waals surface area (Å²) in [5.74, 6) is -0.660. The van der Waals surface area contributed by atoms with Crippen molar-refractivity contribution in [3.05, 3.63) is 51.4 Å². The van der Waals surface area contributed by atoms with Crippen molar-refractivity contribution >= 4 is 11.7 Å². The van der Waals surface area contributed by atoms with Gasteiger partial charge in [-0.05, 0) is 18.6 Å². The number of carbonyl (C=O) groups is 1. The number of ether oxygens (including phenoxy) is 1. The first-order valence-electron chi connectivity index (χ1n) is 5.54. The Labute approximate surface area is 112 Å². The SMILES string of the molecule is Cc1ccc([N+](=O)[O-])cc1OCc1cc(C(=O)O)no1. The number of aromatic nitrogens is 1. The van der Waals surface area contributed by atoms with Gasteiger partial charge in [0.1, 0.15) is 12.4 Å². The Balaban J connectivity index is 2.11. The maximum absolute atomic E-state index is 10.7. The molecular formula is C12H10N2O6. The van der Waals surface area contributed by atoms with Gasteiger partial charge in [0, 0.05) is 12.1 Å². The summed E-state index contributed by atoms with van der Waals surface area (Å²) in [6.45, 7) is 1.67. The fourth-order valence-electron chi connectivity index (χ4n) is 1.49. The Morgan fingerprint density at radius 1 is 1.50 bits per heavy atom. The van der Waals surface area contributed by atoms with Crippen LogP contribution in [0.25, 0.3) is 0 Å².